The third-order valence-electron chi connectivity index (χ3n) is 3.72. The van der Waals surface area contributed by atoms with Crippen LogP contribution in [0.15, 0.2) is 0 Å². The molecule has 3 atom stereocenters. The fourth-order valence-electron chi connectivity index (χ4n) is 2.68. The van der Waals surface area contributed by atoms with Gasteiger partial charge >= 0.3 is 0 Å². The summed E-state index contributed by atoms with van der Waals surface area (Å²) >= 11 is 0. The molecule has 4 nitrogen and oxygen atoms in total. The van der Waals surface area contributed by atoms with Gasteiger partial charge in [-0.15, -0.1) is 0 Å². The number of nitrogens with two attached hydrogens (primary N) is 1. The van der Waals surface area contributed by atoms with Crippen molar-refractivity contribution in [1.29, 1.82) is 0 Å². The largest absolute Gasteiger partial charge is 0.378 e. The zero-order chi connectivity index (χ0) is 14.5. The molecule has 0 radical (unpaired) electrons. The van der Waals surface area contributed by atoms with E-state index in [1.165, 1.54) is 0 Å². The zero-order valence-electron chi connectivity index (χ0n) is 12.9. The van der Waals surface area contributed by atoms with E-state index in [-0.39, 0.29) is 18.1 Å². The molecular formula is C15H30N2O2. The molecule has 112 valence electrons. The molecule has 1 fully saturated rings. The summed E-state index contributed by atoms with van der Waals surface area (Å²) in [5, 5.41) is 3.10. The molecule has 0 bridgehead atoms. The van der Waals surface area contributed by atoms with E-state index < -0.39 is 5.54 Å². The summed E-state index contributed by atoms with van der Waals surface area (Å²) in [7, 11) is 0. The first kappa shape index (κ1) is 16.4. The van der Waals surface area contributed by atoms with Crippen LogP contribution < -0.4 is 11.1 Å². The fourth-order valence-corrected chi connectivity index (χ4v) is 2.68. The van der Waals surface area contributed by atoms with Gasteiger partial charge in [0, 0.05) is 12.6 Å². The van der Waals surface area contributed by atoms with Crippen LogP contribution in [-0.4, -0.2) is 30.2 Å². The highest BCUT2D eigenvalue weighted by atomic mass is 16.5. The first-order valence-corrected chi connectivity index (χ1v) is 7.56. The predicted molar refractivity (Wildman–Crippen MR) is 77.9 cm³/mol. The highest BCUT2D eigenvalue weighted by molar-refractivity contribution is 5.85. The van der Waals surface area contributed by atoms with Crippen molar-refractivity contribution in [3.05, 3.63) is 0 Å². The molecule has 3 unspecified atom stereocenters. The average molecular weight is 270 g/mol. The summed E-state index contributed by atoms with van der Waals surface area (Å²) in [5.74, 6) is 0.601. The van der Waals surface area contributed by atoms with Gasteiger partial charge in [0.05, 0.1) is 11.6 Å². The van der Waals surface area contributed by atoms with Gasteiger partial charge in [-0.25, -0.2) is 0 Å². The lowest BCUT2D eigenvalue weighted by molar-refractivity contribution is -0.127. The van der Waals surface area contributed by atoms with Crippen molar-refractivity contribution in [3.63, 3.8) is 0 Å². The Balaban J connectivity index is 2.45. The lowest BCUT2D eigenvalue weighted by Crippen LogP contribution is -2.55. The van der Waals surface area contributed by atoms with E-state index >= 15 is 0 Å². The van der Waals surface area contributed by atoms with E-state index in [0.717, 1.165) is 38.7 Å². The molecule has 0 aromatic heterocycles. The van der Waals surface area contributed by atoms with Gasteiger partial charge in [-0.3, -0.25) is 4.79 Å². The molecule has 0 saturated carbocycles. The van der Waals surface area contributed by atoms with Crippen LogP contribution in [0.3, 0.4) is 0 Å². The summed E-state index contributed by atoms with van der Waals surface area (Å²) in [6.07, 6.45) is 4.77. The summed E-state index contributed by atoms with van der Waals surface area (Å²) in [6, 6.07) is 0.213. The molecule has 1 heterocycles. The Bertz CT molecular complexity index is 290. The van der Waals surface area contributed by atoms with Crippen LogP contribution in [0.5, 0.6) is 0 Å². The first-order valence-electron chi connectivity index (χ1n) is 7.56. The van der Waals surface area contributed by atoms with Gasteiger partial charge in [-0.1, -0.05) is 27.2 Å². The Morgan fingerprint density at radius 3 is 2.79 bits per heavy atom. The fraction of sp³-hybridized carbons (Fsp3) is 0.933. The third-order valence-corrected chi connectivity index (χ3v) is 3.72. The van der Waals surface area contributed by atoms with Gasteiger partial charge < -0.3 is 15.8 Å². The van der Waals surface area contributed by atoms with E-state index in [1.807, 2.05) is 13.8 Å². The first-order chi connectivity index (χ1) is 8.85. The van der Waals surface area contributed by atoms with E-state index in [4.69, 9.17) is 10.5 Å². The topological polar surface area (TPSA) is 64.4 Å². The van der Waals surface area contributed by atoms with Gasteiger partial charge in [0.15, 0.2) is 0 Å². The zero-order valence-corrected chi connectivity index (χ0v) is 12.9. The molecule has 1 saturated heterocycles. The summed E-state index contributed by atoms with van der Waals surface area (Å²) in [5.41, 5.74) is 5.31. The van der Waals surface area contributed by atoms with Crippen LogP contribution in [0.25, 0.3) is 0 Å². The molecule has 1 amide bonds. The molecule has 1 rings (SSSR count). The van der Waals surface area contributed by atoms with Crippen molar-refractivity contribution >= 4 is 5.91 Å². The number of carbonyl (C=O) groups excluding carboxylic acids is 1. The monoisotopic (exact) mass is 270 g/mol. The van der Waals surface area contributed by atoms with Gasteiger partial charge in [0.25, 0.3) is 0 Å². The Labute approximate surface area is 117 Å². The summed E-state index contributed by atoms with van der Waals surface area (Å²) in [4.78, 5) is 12.2. The van der Waals surface area contributed by atoms with Crippen molar-refractivity contribution in [2.45, 2.75) is 77.5 Å². The number of amides is 1. The maximum Gasteiger partial charge on any atom is 0.240 e. The quantitative estimate of drug-likeness (QED) is 0.778. The van der Waals surface area contributed by atoms with Crippen LogP contribution in [-0.2, 0) is 9.53 Å². The maximum atomic E-state index is 12.2. The Morgan fingerprint density at radius 2 is 2.21 bits per heavy atom. The number of nitrogens with one attached hydrogen (secondary N) is 1. The van der Waals surface area contributed by atoms with E-state index in [0.29, 0.717) is 5.92 Å². The summed E-state index contributed by atoms with van der Waals surface area (Å²) in [6.45, 7) is 8.99. The molecule has 0 spiro atoms. The Hall–Kier alpha value is -0.610. The van der Waals surface area contributed by atoms with Crippen molar-refractivity contribution in [3.8, 4) is 0 Å². The SMILES string of the molecule is CCCC(C)(N)C(=O)NC1CCOC(CC(C)C)C1. The number of rotatable bonds is 6. The van der Waals surface area contributed by atoms with E-state index in [9.17, 15) is 4.79 Å². The highest BCUT2D eigenvalue weighted by Gasteiger charge is 2.31. The van der Waals surface area contributed by atoms with E-state index in [1.54, 1.807) is 0 Å². The second-order valence-electron chi connectivity index (χ2n) is 6.48. The number of hydrogen-bond donors (Lipinski definition) is 2. The molecule has 4 heteroatoms. The Morgan fingerprint density at radius 1 is 1.53 bits per heavy atom. The highest BCUT2D eigenvalue weighted by Crippen LogP contribution is 2.21. The smallest absolute Gasteiger partial charge is 0.240 e. The second-order valence-corrected chi connectivity index (χ2v) is 6.48. The molecule has 3 N–H and O–H groups in total. The molecule has 0 aromatic carbocycles. The summed E-state index contributed by atoms with van der Waals surface area (Å²) < 4.78 is 5.75. The average Bonchev–Trinajstić information content (AvgIpc) is 2.28. The number of hydrogen-bond acceptors (Lipinski definition) is 3. The lowest BCUT2D eigenvalue weighted by Gasteiger charge is -2.33. The molecule has 0 aliphatic carbocycles. The van der Waals surface area contributed by atoms with Crippen molar-refractivity contribution in [2.75, 3.05) is 6.61 Å². The van der Waals surface area contributed by atoms with Crippen LogP contribution in [0.2, 0.25) is 0 Å². The normalized spacial score (nSPS) is 27.1. The molecule has 0 aromatic rings. The van der Waals surface area contributed by atoms with Crippen LogP contribution in [0, 0.1) is 5.92 Å². The lowest BCUT2D eigenvalue weighted by atomic mass is 9.93. The third kappa shape index (κ3) is 5.49. The van der Waals surface area contributed by atoms with Gasteiger partial charge in [-0.05, 0) is 38.5 Å². The van der Waals surface area contributed by atoms with Gasteiger partial charge in [0.2, 0.25) is 5.91 Å². The van der Waals surface area contributed by atoms with Gasteiger partial charge in [-0.2, -0.15) is 0 Å². The minimum atomic E-state index is -0.749. The molecule has 1 aliphatic heterocycles. The Kier molecular flexibility index (Phi) is 6.27. The minimum Gasteiger partial charge on any atom is -0.378 e. The maximum absolute atomic E-state index is 12.2. The molecular weight excluding hydrogens is 240 g/mol. The number of ether oxygens (including phenoxy) is 1. The predicted octanol–water partition coefficient (Wildman–Crippen LogP) is 2.21. The molecule has 1 aliphatic rings. The van der Waals surface area contributed by atoms with Crippen LogP contribution in [0.4, 0.5) is 0 Å². The van der Waals surface area contributed by atoms with E-state index in [2.05, 4.69) is 19.2 Å². The standard InChI is InChI=1S/C15H30N2O2/c1-5-7-15(4,16)14(18)17-12-6-8-19-13(10-12)9-11(2)3/h11-13H,5-10,16H2,1-4H3,(H,17,18). The van der Waals surface area contributed by atoms with Crippen molar-refractivity contribution in [2.24, 2.45) is 11.7 Å². The minimum absolute atomic E-state index is 0.0236. The van der Waals surface area contributed by atoms with Crippen molar-refractivity contribution in [1.82, 2.24) is 5.32 Å². The van der Waals surface area contributed by atoms with Crippen LogP contribution in [0.1, 0.15) is 59.8 Å². The molecule has 19 heavy (non-hydrogen) atoms. The van der Waals surface area contributed by atoms with Crippen molar-refractivity contribution < 1.29 is 9.53 Å². The number of carbonyl (C=O) groups is 1. The van der Waals surface area contributed by atoms with Crippen LogP contribution >= 0.6 is 0 Å². The van der Waals surface area contributed by atoms with Gasteiger partial charge in [0.1, 0.15) is 0 Å². The second kappa shape index (κ2) is 7.25.